The van der Waals surface area contributed by atoms with Crippen LogP contribution >= 0.6 is 0 Å². The standard InChI is InChI=1S/C29H24N2O5/c30-16-21-14-25-24(29(33)34)12-13-35-27(25)15-26(21)36-22-10-8-19(9-11-22)28(32)31-17-20-6-3-5-18-4-1-2-7-23(18)20/h1-2,4-5,7-11,14-15,24H,3,6,12-13,17H2,(H,31,32)(H,33,34). The molecule has 0 spiro atoms. The Hall–Kier alpha value is -4.57. The van der Waals surface area contributed by atoms with E-state index in [1.165, 1.54) is 22.1 Å². The smallest absolute Gasteiger partial charge is 0.311 e. The molecule has 2 aliphatic rings. The van der Waals surface area contributed by atoms with Gasteiger partial charge in [-0.1, -0.05) is 30.3 Å². The highest BCUT2D eigenvalue weighted by Gasteiger charge is 2.29. The summed E-state index contributed by atoms with van der Waals surface area (Å²) in [6.45, 7) is 0.766. The fraction of sp³-hybridized carbons (Fsp3) is 0.207. The van der Waals surface area contributed by atoms with Crippen LogP contribution in [0.25, 0.3) is 11.6 Å². The van der Waals surface area contributed by atoms with Crippen molar-refractivity contribution in [3.63, 3.8) is 0 Å². The average molecular weight is 481 g/mol. The summed E-state index contributed by atoms with van der Waals surface area (Å²) in [6, 6.07) is 20.0. The topological polar surface area (TPSA) is 109 Å². The maximum Gasteiger partial charge on any atom is 0.311 e. The zero-order valence-electron chi connectivity index (χ0n) is 19.5. The predicted octanol–water partition coefficient (Wildman–Crippen LogP) is 3.46. The minimum atomic E-state index is -0.949. The first-order valence-corrected chi connectivity index (χ1v) is 11.8. The summed E-state index contributed by atoms with van der Waals surface area (Å²) in [5.74, 6) is -0.733. The van der Waals surface area contributed by atoms with E-state index in [2.05, 4.69) is 29.6 Å². The molecule has 1 aliphatic heterocycles. The minimum absolute atomic E-state index is 0.180. The van der Waals surface area contributed by atoms with Gasteiger partial charge < -0.3 is 19.9 Å². The molecule has 5 rings (SSSR count). The van der Waals surface area contributed by atoms with E-state index in [4.69, 9.17) is 9.47 Å². The van der Waals surface area contributed by atoms with Gasteiger partial charge in [0.15, 0.2) is 0 Å². The number of amides is 1. The number of nitrogens with one attached hydrogen (secondary N) is 1. The Bertz CT molecular complexity index is 1500. The van der Waals surface area contributed by atoms with Crippen LogP contribution in [0.3, 0.4) is 0 Å². The largest absolute Gasteiger partial charge is 0.493 e. The lowest BCUT2D eigenvalue weighted by Gasteiger charge is -2.24. The van der Waals surface area contributed by atoms with Crippen LogP contribution < -0.4 is 25.2 Å². The van der Waals surface area contributed by atoms with Crippen LogP contribution in [-0.2, 0) is 4.79 Å². The summed E-state index contributed by atoms with van der Waals surface area (Å²) in [6.07, 6.45) is 4.45. The van der Waals surface area contributed by atoms with Crippen molar-refractivity contribution in [2.45, 2.75) is 25.2 Å². The maximum atomic E-state index is 12.7. The number of carboxylic acids is 1. The molecule has 2 N–H and O–H groups in total. The van der Waals surface area contributed by atoms with Gasteiger partial charge in [-0.05, 0) is 65.6 Å². The van der Waals surface area contributed by atoms with Crippen LogP contribution in [0.2, 0.25) is 0 Å². The maximum absolute atomic E-state index is 12.7. The Morgan fingerprint density at radius 1 is 1.14 bits per heavy atom. The Balaban J connectivity index is 1.30. The number of carbonyl (C=O) groups is 2. The van der Waals surface area contributed by atoms with E-state index >= 15 is 0 Å². The Labute approximate surface area is 207 Å². The van der Waals surface area contributed by atoms with E-state index in [9.17, 15) is 20.0 Å². The number of hydrogen-bond acceptors (Lipinski definition) is 5. The zero-order chi connectivity index (χ0) is 25.1. The Kier molecular flexibility index (Phi) is 6.42. The summed E-state index contributed by atoms with van der Waals surface area (Å²) >= 11 is 0. The quantitative estimate of drug-likeness (QED) is 0.559. The normalized spacial score (nSPS) is 15.9. The second kappa shape index (κ2) is 9.96. The van der Waals surface area contributed by atoms with Crippen molar-refractivity contribution < 1.29 is 24.2 Å². The summed E-state index contributed by atoms with van der Waals surface area (Å²) < 4.78 is 11.5. The first-order chi connectivity index (χ1) is 17.5. The molecule has 0 radical (unpaired) electrons. The van der Waals surface area contributed by atoms with Gasteiger partial charge in [-0.2, -0.15) is 5.26 Å². The van der Waals surface area contributed by atoms with E-state index in [1.54, 1.807) is 30.3 Å². The molecule has 0 saturated carbocycles. The van der Waals surface area contributed by atoms with Crippen LogP contribution in [0, 0.1) is 11.3 Å². The number of rotatable bonds is 6. The molecule has 1 unspecified atom stereocenters. The third-order valence-electron chi connectivity index (χ3n) is 6.53. The molecule has 1 aliphatic carbocycles. The van der Waals surface area contributed by atoms with Crippen molar-refractivity contribution in [2.75, 3.05) is 13.2 Å². The van der Waals surface area contributed by atoms with E-state index in [1.807, 2.05) is 12.1 Å². The van der Waals surface area contributed by atoms with Gasteiger partial charge in [-0.15, -0.1) is 0 Å². The van der Waals surface area contributed by atoms with E-state index in [-0.39, 0.29) is 23.8 Å². The predicted molar refractivity (Wildman–Crippen MR) is 133 cm³/mol. The molecular formula is C29H24N2O5. The van der Waals surface area contributed by atoms with Gasteiger partial charge in [0.2, 0.25) is 0 Å². The van der Waals surface area contributed by atoms with Crippen molar-refractivity contribution >= 4 is 23.5 Å². The molecule has 0 fully saturated rings. The van der Waals surface area contributed by atoms with Gasteiger partial charge in [0.1, 0.15) is 23.3 Å². The average Bonchev–Trinajstić information content (AvgIpc) is 2.91. The molecular weight excluding hydrogens is 456 g/mol. The molecule has 7 heteroatoms. The van der Waals surface area contributed by atoms with Gasteiger partial charge in [0.25, 0.3) is 5.91 Å². The molecule has 0 saturated heterocycles. The SMILES string of the molecule is N#Cc1cc2c(cc1Oc1ccc(C(=O)NCC3=c4ccccc4=CCC3)cc1)OCCC2C(=O)O. The molecule has 180 valence electrons. The highest BCUT2D eigenvalue weighted by atomic mass is 16.5. The van der Waals surface area contributed by atoms with Gasteiger partial charge in [-0.3, -0.25) is 9.59 Å². The number of carbonyl (C=O) groups excluding carboxylic acids is 1. The third kappa shape index (κ3) is 4.66. The summed E-state index contributed by atoms with van der Waals surface area (Å²) in [5.41, 5.74) is 2.40. The van der Waals surface area contributed by atoms with Crippen molar-refractivity contribution in [2.24, 2.45) is 0 Å². The monoisotopic (exact) mass is 480 g/mol. The zero-order valence-corrected chi connectivity index (χ0v) is 19.5. The van der Waals surface area contributed by atoms with E-state index < -0.39 is 11.9 Å². The fourth-order valence-electron chi connectivity index (χ4n) is 4.65. The number of ether oxygens (including phenoxy) is 2. The van der Waals surface area contributed by atoms with Crippen LogP contribution in [0.15, 0.2) is 60.7 Å². The summed E-state index contributed by atoms with van der Waals surface area (Å²) in [5, 5.41) is 24.5. The first-order valence-electron chi connectivity index (χ1n) is 11.8. The van der Waals surface area contributed by atoms with Gasteiger partial charge in [0, 0.05) is 23.7 Å². The third-order valence-corrected chi connectivity index (χ3v) is 6.53. The fourth-order valence-corrected chi connectivity index (χ4v) is 4.65. The van der Waals surface area contributed by atoms with Crippen molar-refractivity contribution in [3.05, 3.63) is 87.8 Å². The second-order valence-corrected chi connectivity index (χ2v) is 8.77. The lowest BCUT2D eigenvalue weighted by molar-refractivity contribution is -0.139. The second-order valence-electron chi connectivity index (χ2n) is 8.77. The number of nitrogens with zero attached hydrogens (tertiary/aromatic N) is 1. The molecule has 0 aromatic heterocycles. The molecule has 1 atom stereocenters. The molecule has 3 aromatic carbocycles. The molecule has 7 nitrogen and oxygen atoms in total. The molecule has 1 amide bonds. The summed E-state index contributed by atoms with van der Waals surface area (Å²) in [4.78, 5) is 24.3. The summed E-state index contributed by atoms with van der Waals surface area (Å²) in [7, 11) is 0. The number of hydrogen-bond donors (Lipinski definition) is 2. The van der Waals surface area contributed by atoms with Crippen molar-refractivity contribution in [1.82, 2.24) is 5.32 Å². The van der Waals surface area contributed by atoms with Gasteiger partial charge in [-0.25, -0.2) is 0 Å². The van der Waals surface area contributed by atoms with Gasteiger partial charge >= 0.3 is 5.97 Å². The highest BCUT2D eigenvalue weighted by molar-refractivity contribution is 5.94. The molecule has 3 aromatic rings. The van der Waals surface area contributed by atoms with E-state index in [0.717, 1.165) is 12.8 Å². The van der Waals surface area contributed by atoms with Crippen LogP contribution in [0.5, 0.6) is 17.2 Å². The number of benzene rings is 3. The number of carboxylic acid groups (broad SMARTS) is 1. The van der Waals surface area contributed by atoms with Gasteiger partial charge in [0.05, 0.1) is 18.1 Å². The Morgan fingerprint density at radius 3 is 2.72 bits per heavy atom. The van der Waals surface area contributed by atoms with Crippen molar-refractivity contribution in [3.8, 4) is 23.3 Å². The Morgan fingerprint density at radius 2 is 1.94 bits per heavy atom. The lowest BCUT2D eigenvalue weighted by Crippen LogP contribution is -2.34. The highest BCUT2D eigenvalue weighted by Crippen LogP contribution is 2.39. The first kappa shape index (κ1) is 23.2. The number of fused-ring (bicyclic) bond motifs is 2. The molecule has 0 bridgehead atoms. The van der Waals surface area contributed by atoms with E-state index in [0.29, 0.717) is 35.6 Å². The van der Waals surface area contributed by atoms with Crippen LogP contribution in [0.4, 0.5) is 0 Å². The number of nitriles is 1. The van der Waals surface area contributed by atoms with Crippen LogP contribution in [-0.4, -0.2) is 30.1 Å². The van der Waals surface area contributed by atoms with Crippen molar-refractivity contribution in [1.29, 1.82) is 5.26 Å². The number of aliphatic carboxylic acids is 1. The van der Waals surface area contributed by atoms with Crippen LogP contribution in [0.1, 0.15) is 46.7 Å². The lowest BCUT2D eigenvalue weighted by atomic mass is 9.91. The molecule has 1 heterocycles. The minimum Gasteiger partial charge on any atom is -0.493 e. The molecule has 36 heavy (non-hydrogen) atoms.